The Hall–Kier alpha value is -2.17. The van der Waals surface area contributed by atoms with Crippen molar-refractivity contribution in [1.29, 1.82) is 0 Å². The third-order valence-corrected chi connectivity index (χ3v) is 6.44. The van der Waals surface area contributed by atoms with Crippen molar-refractivity contribution >= 4 is 27.5 Å². The minimum Gasteiger partial charge on any atom is -0.444 e. The molecule has 2 amide bonds. The predicted molar refractivity (Wildman–Crippen MR) is 92.6 cm³/mol. The molecule has 2 atom stereocenters. The Morgan fingerprint density at radius 1 is 1.42 bits per heavy atom. The molecule has 2 N–H and O–H groups in total. The van der Waals surface area contributed by atoms with Crippen LogP contribution in [0.5, 0.6) is 0 Å². The van der Waals surface area contributed by atoms with Crippen LogP contribution in [-0.2, 0) is 30.7 Å². The zero-order valence-electron chi connectivity index (χ0n) is 14.8. The van der Waals surface area contributed by atoms with Gasteiger partial charge in [0, 0.05) is 25.5 Å². The fraction of sp³-hybridized carbons (Fsp3) is 0.500. The number of carbonyl (C=O) groups excluding carboxylic acids is 2. The van der Waals surface area contributed by atoms with Crippen molar-refractivity contribution in [2.75, 3.05) is 24.8 Å². The minimum absolute atomic E-state index is 0.0896. The lowest BCUT2D eigenvalue weighted by molar-refractivity contribution is -0.132. The summed E-state index contributed by atoms with van der Waals surface area (Å²) in [6.45, 7) is 1.71. The van der Waals surface area contributed by atoms with Gasteiger partial charge in [-0.15, -0.1) is 0 Å². The van der Waals surface area contributed by atoms with Gasteiger partial charge in [-0.05, 0) is 24.6 Å². The molecule has 10 heteroatoms. The maximum atomic E-state index is 12.2. The van der Waals surface area contributed by atoms with Crippen LogP contribution < -0.4 is 10.4 Å². The van der Waals surface area contributed by atoms with Gasteiger partial charge in [0.1, 0.15) is 6.10 Å². The summed E-state index contributed by atoms with van der Waals surface area (Å²) in [5, 5.41) is 8.87. The van der Waals surface area contributed by atoms with Crippen molar-refractivity contribution in [1.82, 2.24) is 5.48 Å². The van der Waals surface area contributed by atoms with E-state index in [0.29, 0.717) is 12.3 Å². The summed E-state index contributed by atoms with van der Waals surface area (Å²) in [6.07, 6.45) is -0.832. The van der Waals surface area contributed by atoms with Gasteiger partial charge >= 0.3 is 6.09 Å². The second kappa shape index (κ2) is 7.60. The molecule has 1 aliphatic rings. The van der Waals surface area contributed by atoms with Crippen molar-refractivity contribution in [3.05, 3.63) is 29.8 Å². The number of hydrogen-bond acceptors (Lipinski definition) is 7. The first kappa shape index (κ1) is 20.1. The van der Waals surface area contributed by atoms with Crippen LogP contribution in [0.25, 0.3) is 0 Å². The molecular formula is C16H22N2O7S. The molecule has 1 aromatic carbocycles. The molecule has 0 saturated carbocycles. The van der Waals surface area contributed by atoms with Gasteiger partial charge in [0.25, 0.3) is 5.91 Å². The van der Waals surface area contributed by atoms with Gasteiger partial charge in [-0.2, -0.15) is 0 Å². The number of carbonyl (C=O) groups is 2. The van der Waals surface area contributed by atoms with Crippen LogP contribution in [0, 0.1) is 0 Å². The van der Waals surface area contributed by atoms with Crippen molar-refractivity contribution in [3.8, 4) is 0 Å². The molecule has 1 aliphatic heterocycles. The Kier molecular flexibility index (Phi) is 5.89. The van der Waals surface area contributed by atoms with E-state index >= 15 is 0 Å². The number of cyclic esters (lactones) is 1. The van der Waals surface area contributed by atoms with Crippen molar-refractivity contribution < 1.29 is 32.7 Å². The number of ether oxygens (including phenoxy) is 2. The van der Waals surface area contributed by atoms with Crippen LogP contribution in [0.3, 0.4) is 0 Å². The zero-order valence-corrected chi connectivity index (χ0v) is 15.6. The van der Waals surface area contributed by atoms with Crippen molar-refractivity contribution in [3.63, 3.8) is 0 Å². The molecule has 0 radical (unpaired) electrons. The van der Waals surface area contributed by atoms with Crippen LogP contribution in [0.1, 0.15) is 18.9 Å². The van der Waals surface area contributed by atoms with Crippen molar-refractivity contribution in [2.24, 2.45) is 0 Å². The number of benzene rings is 1. The third-order valence-electron chi connectivity index (χ3n) is 4.45. The van der Waals surface area contributed by atoms with Gasteiger partial charge in [0.2, 0.25) is 0 Å². The number of amides is 2. The predicted octanol–water partition coefficient (Wildman–Crippen LogP) is 0.857. The van der Waals surface area contributed by atoms with Gasteiger partial charge in [-0.25, -0.2) is 18.7 Å². The molecule has 0 bridgehead atoms. The molecule has 144 valence electrons. The highest BCUT2D eigenvalue weighted by Crippen LogP contribution is 2.30. The second-order valence-corrected chi connectivity index (χ2v) is 8.81. The van der Waals surface area contributed by atoms with E-state index in [1.807, 2.05) is 0 Å². The summed E-state index contributed by atoms with van der Waals surface area (Å²) < 4.78 is 32.4. The number of hydrogen-bond donors (Lipinski definition) is 2. The number of sulfone groups is 1. The number of anilines is 1. The summed E-state index contributed by atoms with van der Waals surface area (Å²) in [6, 6.07) is 7.07. The molecule has 26 heavy (non-hydrogen) atoms. The number of rotatable bonds is 7. The Balaban J connectivity index is 2.17. The normalized spacial score (nSPS) is 19.8. The molecule has 2 unspecified atom stereocenters. The fourth-order valence-electron chi connectivity index (χ4n) is 2.74. The quantitative estimate of drug-likeness (QED) is 0.526. The molecular weight excluding hydrogens is 364 g/mol. The Morgan fingerprint density at radius 3 is 2.54 bits per heavy atom. The van der Waals surface area contributed by atoms with Crippen LogP contribution in [0.15, 0.2) is 24.3 Å². The summed E-state index contributed by atoms with van der Waals surface area (Å²) in [5.74, 6) is -1.07. The topological polar surface area (TPSA) is 122 Å². The van der Waals surface area contributed by atoms with E-state index in [1.165, 1.54) is 17.3 Å². The first-order chi connectivity index (χ1) is 12.1. The number of methoxy groups -OCH3 is 1. The average molecular weight is 386 g/mol. The lowest BCUT2D eigenvalue weighted by Crippen LogP contribution is -2.51. The monoisotopic (exact) mass is 386 g/mol. The molecule has 2 rings (SSSR count). The first-order valence-corrected chi connectivity index (χ1v) is 9.71. The van der Waals surface area contributed by atoms with Crippen LogP contribution in [0.2, 0.25) is 0 Å². The summed E-state index contributed by atoms with van der Waals surface area (Å²) >= 11 is 0. The molecule has 1 heterocycles. The van der Waals surface area contributed by atoms with E-state index in [1.54, 1.807) is 31.4 Å². The average Bonchev–Trinajstić information content (AvgIpc) is 2.94. The smallest absolute Gasteiger partial charge is 0.414 e. The van der Waals surface area contributed by atoms with Gasteiger partial charge in [0.05, 0.1) is 13.2 Å². The van der Waals surface area contributed by atoms with Crippen LogP contribution in [-0.4, -0.2) is 56.4 Å². The molecule has 1 aromatic rings. The second-order valence-electron chi connectivity index (χ2n) is 6.36. The summed E-state index contributed by atoms with van der Waals surface area (Å²) in [7, 11) is -2.29. The Morgan fingerprint density at radius 2 is 2.04 bits per heavy atom. The largest absolute Gasteiger partial charge is 0.444 e. The van der Waals surface area contributed by atoms with E-state index in [0.717, 1.165) is 11.8 Å². The van der Waals surface area contributed by atoms with E-state index in [2.05, 4.69) is 0 Å². The van der Waals surface area contributed by atoms with E-state index in [4.69, 9.17) is 14.7 Å². The van der Waals surface area contributed by atoms with Crippen LogP contribution >= 0.6 is 0 Å². The third kappa shape index (κ3) is 3.97. The molecule has 1 fully saturated rings. The van der Waals surface area contributed by atoms with Gasteiger partial charge in [0.15, 0.2) is 14.6 Å². The number of nitrogens with one attached hydrogen (secondary N) is 1. The first-order valence-electron chi connectivity index (χ1n) is 7.82. The molecule has 0 aliphatic carbocycles. The standard InChI is InChI=1S/C16H22N2O7S/c1-16(14(19)17-21,26(3,22)23)8-13-9-18(15(20)25-13)12-6-4-11(5-7-12)10-24-2/h4-7,13,21H,8-10H2,1-3H3,(H,17,19). The van der Waals surface area contributed by atoms with E-state index < -0.39 is 32.7 Å². The van der Waals surface area contributed by atoms with Crippen LogP contribution in [0.4, 0.5) is 10.5 Å². The highest BCUT2D eigenvalue weighted by atomic mass is 32.2. The van der Waals surface area contributed by atoms with Gasteiger partial charge in [-0.1, -0.05) is 12.1 Å². The maximum Gasteiger partial charge on any atom is 0.414 e. The number of nitrogens with zero attached hydrogens (tertiary/aromatic N) is 1. The summed E-state index contributed by atoms with van der Waals surface area (Å²) in [4.78, 5) is 25.4. The molecule has 9 nitrogen and oxygen atoms in total. The number of hydroxylamine groups is 1. The van der Waals surface area contributed by atoms with Gasteiger partial charge < -0.3 is 9.47 Å². The Bertz CT molecular complexity index is 778. The van der Waals surface area contributed by atoms with E-state index in [-0.39, 0.29) is 13.0 Å². The molecule has 0 aromatic heterocycles. The van der Waals surface area contributed by atoms with Crippen molar-refractivity contribution in [2.45, 2.75) is 30.8 Å². The Labute approximate surface area is 151 Å². The SMILES string of the molecule is COCc1ccc(N2CC(CC(C)(C(=O)NO)S(C)(=O)=O)OC2=O)cc1. The fourth-order valence-corrected chi connectivity index (χ4v) is 3.61. The van der Waals surface area contributed by atoms with Gasteiger partial charge in [-0.3, -0.25) is 14.9 Å². The lowest BCUT2D eigenvalue weighted by Gasteiger charge is -2.26. The highest BCUT2D eigenvalue weighted by Gasteiger charge is 2.48. The minimum atomic E-state index is -3.87. The summed E-state index contributed by atoms with van der Waals surface area (Å²) in [5.41, 5.74) is 2.90. The molecule has 1 saturated heterocycles. The maximum absolute atomic E-state index is 12.2. The molecule has 0 spiro atoms. The van der Waals surface area contributed by atoms with E-state index in [9.17, 15) is 18.0 Å². The lowest BCUT2D eigenvalue weighted by atomic mass is 10.0. The highest BCUT2D eigenvalue weighted by molar-refractivity contribution is 7.92. The zero-order chi connectivity index (χ0) is 19.5.